The highest BCUT2D eigenvalue weighted by Crippen LogP contribution is 2.40. The summed E-state index contributed by atoms with van der Waals surface area (Å²) in [7, 11) is 1.31. The number of methoxy groups -OCH3 is 1. The molecule has 1 N–H and O–H groups in total. The van der Waals surface area contributed by atoms with E-state index in [0.29, 0.717) is 24.0 Å². The average molecular weight is 477 g/mol. The maximum absolute atomic E-state index is 14.8. The minimum atomic E-state index is -0.954. The number of benzene rings is 2. The third kappa shape index (κ3) is 5.17. The number of halogens is 4. The molecule has 6 heteroatoms. The van der Waals surface area contributed by atoms with E-state index in [1.807, 2.05) is 6.08 Å². The fraction of sp³-hybridized carbons (Fsp3) is 0.500. The van der Waals surface area contributed by atoms with E-state index in [-0.39, 0.29) is 41.6 Å². The molecule has 184 valence electrons. The van der Waals surface area contributed by atoms with Gasteiger partial charge < -0.3 is 9.84 Å². The molecule has 2 aliphatic carbocycles. The second-order valence-corrected chi connectivity index (χ2v) is 9.73. The quantitative estimate of drug-likeness (QED) is 0.437. The van der Waals surface area contributed by atoms with Crippen LogP contribution in [0.15, 0.2) is 30.3 Å². The zero-order valence-electron chi connectivity index (χ0n) is 19.5. The average Bonchev–Trinajstić information content (AvgIpc) is 2.87. The van der Waals surface area contributed by atoms with Crippen molar-refractivity contribution in [1.29, 1.82) is 0 Å². The fourth-order valence-corrected chi connectivity index (χ4v) is 5.56. The first-order chi connectivity index (χ1) is 16.4. The lowest BCUT2D eigenvalue weighted by molar-refractivity contribution is 0.181. The molecule has 0 unspecified atom stereocenters. The SMILES string of the molecule is COc1ccc(C2CCC(C=Cc3ccc(C4CCC(CO)CC4)c(F)c3F)CC2)c(F)c1F. The molecule has 2 aromatic carbocycles. The van der Waals surface area contributed by atoms with Crippen LogP contribution in [0.4, 0.5) is 17.6 Å². The number of allylic oxidation sites excluding steroid dienone is 1. The lowest BCUT2D eigenvalue weighted by atomic mass is 9.78. The summed E-state index contributed by atoms with van der Waals surface area (Å²) in [6, 6.07) is 6.39. The van der Waals surface area contributed by atoms with Crippen LogP contribution in [-0.2, 0) is 0 Å². The largest absolute Gasteiger partial charge is 0.494 e. The first-order valence-corrected chi connectivity index (χ1v) is 12.2. The number of hydrogen-bond acceptors (Lipinski definition) is 2. The molecule has 2 aromatic rings. The summed E-state index contributed by atoms with van der Waals surface area (Å²) in [6.07, 6.45) is 9.67. The Balaban J connectivity index is 1.38. The highest BCUT2D eigenvalue weighted by molar-refractivity contribution is 5.52. The first-order valence-electron chi connectivity index (χ1n) is 12.2. The van der Waals surface area contributed by atoms with E-state index in [0.717, 1.165) is 38.5 Å². The maximum atomic E-state index is 14.8. The molecule has 0 amide bonds. The Labute approximate surface area is 198 Å². The second-order valence-electron chi connectivity index (χ2n) is 9.73. The molecule has 0 aromatic heterocycles. The van der Waals surface area contributed by atoms with Crippen LogP contribution >= 0.6 is 0 Å². The van der Waals surface area contributed by atoms with Gasteiger partial charge in [-0.2, -0.15) is 4.39 Å². The van der Waals surface area contributed by atoms with E-state index in [9.17, 15) is 22.7 Å². The van der Waals surface area contributed by atoms with Crippen molar-refractivity contribution < 1.29 is 27.4 Å². The topological polar surface area (TPSA) is 29.5 Å². The third-order valence-electron chi connectivity index (χ3n) is 7.74. The van der Waals surface area contributed by atoms with Gasteiger partial charge in [0, 0.05) is 12.2 Å². The molecule has 0 radical (unpaired) electrons. The van der Waals surface area contributed by atoms with Gasteiger partial charge in [-0.25, -0.2) is 13.2 Å². The van der Waals surface area contributed by atoms with E-state index in [1.165, 1.54) is 13.2 Å². The molecule has 0 saturated heterocycles. The van der Waals surface area contributed by atoms with Crippen molar-refractivity contribution in [1.82, 2.24) is 0 Å². The van der Waals surface area contributed by atoms with Gasteiger partial charge in [0.05, 0.1) is 7.11 Å². The highest BCUT2D eigenvalue weighted by atomic mass is 19.2. The van der Waals surface area contributed by atoms with Gasteiger partial charge in [-0.15, -0.1) is 0 Å². The molecular weight excluding hydrogens is 444 g/mol. The van der Waals surface area contributed by atoms with Crippen molar-refractivity contribution in [3.8, 4) is 5.75 Å². The Bertz CT molecular complexity index is 1020. The van der Waals surface area contributed by atoms with Crippen LogP contribution in [0.25, 0.3) is 6.08 Å². The Morgan fingerprint density at radius 1 is 0.765 bits per heavy atom. The summed E-state index contributed by atoms with van der Waals surface area (Å²) in [4.78, 5) is 0. The van der Waals surface area contributed by atoms with Crippen LogP contribution in [0, 0.1) is 35.1 Å². The molecule has 2 nitrogen and oxygen atoms in total. The predicted octanol–water partition coefficient (Wildman–Crippen LogP) is 7.50. The monoisotopic (exact) mass is 476 g/mol. The van der Waals surface area contributed by atoms with E-state index >= 15 is 0 Å². The van der Waals surface area contributed by atoms with Gasteiger partial charge in [0.25, 0.3) is 0 Å². The van der Waals surface area contributed by atoms with Crippen LogP contribution in [0.3, 0.4) is 0 Å². The van der Waals surface area contributed by atoms with Crippen molar-refractivity contribution in [2.24, 2.45) is 11.8 Å². The smallest absolute Gasteiger partial charge is 0.200 e. The minimum absolute atomic E-state index is 0.00575. The van der Waals surface area contributed by atoms with Gasteiger partial charge in [-0.1, -0.05) is 30.4 Å². The molecule has 34 heavy (non-hydrogen) atoms. The van der Waals surface area contributed by atoms with Gasteiger partial charge in [0.1, 0.15) is 0 Å². The van der Waals surface area contributed by atoms with Crippen molar-refractivity contribution >= 4 is 6.08 Å². The Hall–Kier alpha value is -2.34. The molecular formula is C28H32F4O2. The van der Waals surface area contributed by atoms with Crippen LogP contribution in [0.1, 0.15) is 79.9 Å². The fourth-order valence-electron chi connectivity index (χ4n) is 5.56. The van der Waals surface area contributed by atoms with E-state index < -0.39 is 23.3 Å². The molecule has 2 fully saturated rings. The van der Waals surface area contributed by atoms with Gasteiger partial charge in [0.15, 0.2) is 23.2 Å². The zero-order valence-corrected chi connectivity index (χ0v) is 19.5. The van der Waals surface area contributed by atoms with Gasteiger partial charge in [0.2, 0.25) is 5.82 Å². The van der Waals surface area contributed by atoms with Crippen molar-refractivity contribution in [3.63, 3.8) is 0 Å². The highest BCUT2D eigenvalue weighted by Gasteiger charge is 2.27. The molecule has 4 rings (SSSR count). The van der Waals surface area contributed by atoms with Crippen LogP contribution in [0.2, 0.25) is 0 Å². The standard InChI is InChI=1S/C28H32F4O2/c1-34-24-15-14-23(27(31)28(24)32)19-7-2-17(3-8-19)4-11-21-12-13-22(26(30)25(21)29)20-9-5-18(16-33)6-10-20/h4,11-15,17-20,33H,2-3,5-10,16H2,1H3. The van der Waals surface area contributed by atoms with Crippen LogP contribution in [0.5, 0.6) is 5.75 Å². The van der Waals surface area contributed by atoms with Crippen molar-refractivity contribution in [2.75, 3.05) is 13.7 Å². The minimum Gasteiger partial charge on any atom is -0.494 e. The van der Waals surface area contributed by atoms with Gasteiger partial charge >= 0.3 is 0 Å². The first kappa shape index (κ1) is 24.8. The number of ether oxygens (including phenoxy) is 1. The summed E-state index contributed by atoms with van der Waals surface area (Å²) in [5, 5.41) is 9.29. The van der Waals surface area contributed by atoms with E-state index in [1.54, 1.807) is 24.3 Å². The summed E-state index contributed by atoms with van der Waals surface area (Å²) in [5.74, 6) is -3.12. The van der Waals surface area contributed by atoms with Crippen LogP contribution in [-0.4, -0.2) is 18.8 Å². The van der Waals surface area contributed by atoms with Gasteiger partial charge in [-0.05, 0) is 92.2 Å². The maximum Gasteiger partial charge on any atom is 0.200 e. The molecule has 2 saturated carbocycles. The second kappa shape index (κ2) is 10.9. The normalized spacial score (nSPS) is 25.6. The third-order valence-corrected chi connectivity index (χ3v) is 7.74. The van der Waals surface area contributed by atoms with E-state index in [4.69, 9.17) is 4.74 Å². The lowest BCUT2D eigenvalue weighted by Crippen LogP contribution is -2.17. The molecule has 0 aliphatic heterocycles. The number of aliphatic hydroxyl groups is 1. The Morgan fingerprint density at radius 3 is 1.91 bits per heavy atom. The van der Waals surface area contributed by atoms with Crippen molar-refractivity contribution in [2.45, 2.75) is 63.2 Å². The summed E-state index contributed by atoms with van der Waals surface area (Å²) < 4.78 is 62.9. The Morgan fingerprint density at radius 2 is 1.32 bits per heavy atom. The summed E-state index contributed by atoms with van der Waals surface area (Å²) >= 11 is 0. The summed E-state index contributed by atoms with van der Waals surface area (Å²) in [5.41, 5.74) is 1.04. The van der Waals surface area contributed by atoms with Crippen LogP contribution < -0.4 is 4.74 Å². The predicted molar refractivity (Wildman–Crippen MR) is 125 cm³/mol. The lowest BCUT2D eigenvalue weighted by Gasteiger charge is -2.28. The summed E-state index contributed by atoms with van der Waals surface area (Å²) in [6.45, 7) is 0.154. The zero-order chi connectivity index (χ0) is 24.2. The number of rotatable bonds is 6. The molecule has 0 atom stereocenters. The number of hydrogen-bond donors (Lipinski definition) is 1. The molecule has 0 bridgehead atoms. The van der Waals surface area contributed by atoms with Crippen molar-refractivity contribution in [3.05, 3.63) is 70.3 Å². The number of aliphatic hydroxyl groups excluding tert-OH is 1. The van der Waals surface area contributed by atoms with Gasteiger partial charge in [-0.3, -0.25) is 0 Å². The molecule has 0 heterocycles. The Kier molecular flexibility index (Phi) is 7.97. The molecule has 0 spiro atoms. The van der Waals surface area contributed by atoms with E-state index in [2.05, 4.69) is 0 Å². The molecule has 2 aliphatic rings.